The maximum absolute atomic E-state index is 11.4. The highest BCUT2D eigenvalue weighted by molar-refractivity contribution is 6.34. The van der Waals surface area contributed by atoms with E-state index in [1.54, 1.807) is 18.2 Å². The van der Waals surface area contributed by atoms with Crippen LogP contribution in [0.1, 0.15) is 27.9 Å². The molecule has 108 valence electrons. The van der Waals surface area contributed by atoms with Crippen LogP contribution in [-0.4, -0.2) is 17.1 Å². The summed E-state index contributed by atoms with van der Waals surface area (Å²) in [6.07, 6.45) is 2.90. The van der Waals surface area contributed by atoms with Gasteiger partial charge in [-0.3, -0.25) is 0 Å². The number of carbonyl (C=O) groups is 1. The van der Waals surface area contributed by atoms with Crippen LogP contribution in [-0.2, 0) is 12.8 Å². The zero-order valence-corrected chi connectivity index (χ0v) is 12.2. The van der Waals surface area contributed by atoms with E-state index in [-0.39, 0.29) is 16.6 Å². The van der Waals surface area contributed by atoms with Crippen LogP contribution in [0.5, 0.6) is 0 Å². The molecule has 4 heteroatoms. The highest BCUT2D eigenvalue weighted by atomic mass is 35.5. The minimum atomic E-state index is -1.00. The van der Waals surface area contributed by atoms with Crippen LogP contribution in [0.2, 0.25) is 5.02 Å². The zero-order chi connectivity index (χ0) is 14.8. The average Bonchev–Trinajstić information content (AvgIpc) is 2.47. The number of nitrogens with one attached hydrogen (secondary N) is 1. The smallest absolute Gasteiger partial charge is 0.339 e. The molecular formula is C17H16ClNO2. The molecule has 0 heterocycles. The van der Waals surface area contributed by atoms with Crippen LogP contribution >= 0.6 is 11.6 Å². The fourth-order valence-electron chi connectivity index (χ4n) is 2.90. The van der Waals surface area contributed by atoms with Gasteiger partial charge in [0, 0.05) is 6.04 Å². The Labute approximate surface area is 128 Å². The van der Waals surface area contributed by atoms with Gasteiger partial charge < -0.3 is 10.4 Å². The van der Waals surface area contributed by atoms with Crippen molar-refractivity contribution in [3.63, 3.8) is 0 Å². The van der Waals surface area contributed by atoms with Crippen molar-refractivity contribution in [1.82, 2.24) is 0 Å². The molecule has 1 aliphatic rings. The summed E-state index contributed by atoms with van der Waals surface area (Å²) in [5.74, 6) is -1.00. The van der Waals surface area contributed by atoms with E-state index in [9.17, 15) is 9.90 Å². The third kappa shape index (κ3) is 2.88. The first-order valence-corrected chi connectivity index (χ1v) is 7.38. The molecule has 0 spiro atoms. The third-order valence-corrected chi connectivity index (χ3v) is 4.25. The minimum Gasteiger partial charge on any atom is -0.478 e. The average molecular weight is 302 g/mol. The first-order chi connectivity index (χ1) is 10.1. The Morgan fingerprint density at radius 3 is 2.67 bits per heavy atom. The van der Waals surface area contributed by atoms with E-state index >= 15 is 0 Å². The lowest BCUT2D eigenvalue weighted by Gasteiger charge is -2.27. The quantitative estimate of drug-likeness (QED) is 0.900. The summed E-state index contributed by atoms with van der Waals surface area (Å²) in [5.41, 5.74) is 3.47. The van der Waals surface area contributed by atoms with E-state index in [1.807, 2.05) is 6.07 Å². The second-order valence-electron chi connectivity index (χ2n) is 5.32. The molecule has 21 heavy (non-hydrogen) atoms. The van der Waals surface area contributed by atoms with Crippen molar-refractivity contribution in [1.29, 1.82) is 0 Å². The number of carboxylic acid groups (broad SMARTS) is 1. The molecule has 3 nitrogen and oxygen atoms in total. The SMILES string of the molecule is O=C(O)c1c(Cl)cccc1NC1CCc2ccccc2C1. The Bertz CT molecular complexity index is 684. The van der Waals surface area contributed by atoms with E-state index in [2.05, 4.69) is 23.5 Å². The summed E-state index contributed by atoms with van der Waals surface area (Å²) >= 11 is 6.00. The Hall–Kier alpha value is -2.00. The van der Waals surface area contributed by atoms with Gasteiger partial charge in [-0.15, -0.1) is 0 Å². The van der Waals surface area contributed by atoms with E-state index in [0.717, 1.165) is 19.3 Å². The van der Waals surface area contributed by atoms with Gasteiger partial charge >= 0.3 is 5.97 Å². The largest absolute Gasteiger partial charge is 0.478 e. The summed E-state index contributed by atoms with van der Waals surface area (Å²) in [6.45, 7) is 0. The predicted molar refractivity (Wildman–Crippen MR) is 84.3 cm³/mol. The molecule has 3 rings (SSSR count). The molecule has 0 saturated heterocycles. The predicted octanol–water partition coefficient (Wildman–Crippen LogP) is 4.01. The zero-order valence-electron chi connectivity index (χ0n) is 11.5. The van der Waals surface area contributed by atoms with Crippen molar-refractivity contribution in [2.24, 2.45) is 0 Å². The molecule has 1 atom stereocenters. The molecule has 0 fully saturated rings. The summed E-state index contributed by atoms with van der Waals surface area (Å²) in [5, 5.41) is 12.9. The normalized spacial score (nSPS) is 17.1. The minimum absolute atomic E-state index is 0.151. The number of rotatable bonds is 3. The van der Waals surface area contributed by atoms with Crippen molar-refractivity contribution in [3.05, 3.63) is 64.2 Å². The second kappa shape index (κ2) is 5.78. The topological polar surface area (TPSA) is 49.3 Å². The summed E-state index contributed by atoms with van der Waals surface area (Å²) in [7, 11) is 0. The lowest BCUT2D eigenvalue weighted by Crippen LogP contribution is -2.28. The number of hydrogen-bond acceptors (Lipinski definition) is 2. The Kier molecular flexibility index (Phi) is 3.84. The molecule has 0 amide bonds. The first kappa shape index (κ1) is 14.0. The number of halogens is 1. The van der Waals surface area contributed by atoms with Gasteiger partial charge in [0.15, 0.2) is 0 Å². The standard InChI is InChI=1S/C17H16ClNO2/c18-14-6-3-7-15(16(14)17(20)21)19-13-9-8-11-4-1-2-5-12(11)10-13/h1-7,13,19H,8-10H2,(H,20,21). The van der Waals surface area contributed by atoms with Gasteiger partial charge in [0.2, 0.25) is 0 Å². The molecule has 2 aromatic rings. The highest BCUT2D eigenvalue weighted by Gasteiger charge is 2.21. The molecule has 0 aromatic heterocycles. The fraction of sp³-hybridized carbons (Fsp3) is 0.235. The van der Waals surface area contributed by atoms with E-state index in [1.165, 1.54) is 11.1 Å². The van der Waals surface area contributed by atoms with Crippen molar-refractivity contribution >= 4 is 23.3 Å². The summed E-state index contributed by atoms with van der Waals surface area (Å²) in [4.78, 5) is 11.4. The number of aryl methyl sites for hydroxylation is 1. The molecule has 0 bridgehead atoms. The van der Waals surface area contributed by atoms with E-state index < -0.39 is 5.97 Å². The van der Waals surface area contributed by atoms with Crippen LogP contribution in [0.4, 0.5) is 5.69 Å². The lowest BCUT2D eigenvalue weighted by atomic mass is 9.88. The van der Waals surface area contributed by atoms with E-state index in [4.69, 9.17) is 11.6 Å². The number of anilines is 1. The van der Waals surface area contributed by atoms with Crippen molar-refractivity contribution < 1.29 is 9.90 Å². The molecule has 1 unspecified atom stereocenters. The monoisotopic (exact) mass is 301 g/mol. The highest BCUT2D eigenvalue weighted by Crippen LogP contribution is 2.28. The molecule has 0 radical (unpaired) electrons. The lowest BCUT2D eigenvalue weighted by molar-refractivity contribution is 0.0698. The Balaban J connectivity index is 1.83. The number of benzene rings is 2. The number of fused-ring (bicyclic) bond motifs is 1. The Morgan fingerprint density at radius 2 is 1.90 bits per heavy atom. The van der Waals surface area contributed by atoms with Gasteiger partial charge in [0.05, 0.1) is 10.7 Å². The van der Waals surface area contributed by atoms with Gasteiger partial charge in [-0.2, -0.15) is 0 Å². The van der Waals surface area contributed by atoms with Crippen molar-refractivity contribution in [3.8, 4) is 0 Å². The van der Waals surface area contributed by atoms with Crippen LogP contribution in [0.15, 0.2) is 42.5 Å². The Morgan fingerprint density at radius 1 is 1.14 bits per heavy atom. The van der Waals surface area contributed by atoms with Crippen LogP contribution in [0.25, 0.3) is 0 Å². The number of carboxylic acids is 1. The second-order valence-corrected chi connectivity index (χ2v) is 5.73. The molecular weight excluding hydrogens is 286 g/mol. The first-order valence-electron chi connectivity index (χ1n) is 7.00. The molecule has 0 aliphatic heterocycles. The summed E-state index contributed by atoms with van der Waals surface area (Å²) in [6, 6.07) is 13.8. The van der Waals surface area contributed by atoms with Gasteiger partial charge in [-0.05, 0) is 42.5 Å². The van der Waals surface area contributed by atoms with Crippen LogP contribution < -0.4 is 5.32 Å². The summed E-state index contributed by atoms with van der Waals surface area (Å²) < 4.78 is 0. The van der Waals surface area contributed by atoms with E-state index in [0.29, 0.717) is 5.69 Å². The third-order valence-electron chi connectivity index (χ3n) is 3.93. The number of hydrogen-bond donors (Lipinski definition) is 2. The van der Waals surface area contributed by atoms with Crippen LogP contribution in [0, 0.1) is 0 Å². The molecule has 1 aliphatic carbocycles. The van der Waals surface area contributed by atoms with Gasteiger partial charge in [0.25, 0.3) is 0 Å². The fourth-order valence-corrected chi connectivity index (χ4v) is 3.16. The molecule has 2 N–H and O–H groups in total. The maximum atomic E-state index is 11.4. The molecule has 2 aromatic carbocycles. The molecule has 0 saturated carbocycles. The maximum Gasteiger partial charge on any atom is 0.339 e. The van der Waals surface area contributed by atoms with Crippen LogP contribution in [0.3, 0.4) is 0 Å². The van der Waals surface area contributed by atoms with Gasteiger partial charge in [-0.25, -0.2) is 4.79 Å². The number of aromatic carboxylic acids is 1. The van der Waals surface area contributed by atoms with Crippen molar-refractivity contribution in [2.45, 2.75) is 25.3 Å². The van der Waals surface area contributed by atoms with Crippen molar-refractivity contribution in [2.75, 3.05) is 5.32 Å². The van der Waals surface area contributed by atoms with Gasteiger partial charge in [-0.1, -0.05) is 41.9 Å². The van der Waals surface area contributed by atoms with Gasteiger partial charge in [0.1, 0.15) is 5.56 Å².